The van der Waals surface area contributed by atoms with Crippen molar-refractivity contribution in [2.45, 2.75) is 31.5 Å². The molecule has 1 aliphatic rings. The molecule has 5 nitrogen and oxygen atoms in total. The van der Waals surface area contributed by atoms with Crippen LogP contribution in [0.3, 0.4) is 0 Å². The smallest absolute Gasteiger partial charge is 0.480 e. The molecular formula is C13H16F3NO4S. The third-order valence-electron chi connectivity index (χ3n) is 3.12. The van der Waals surface area contributed by atoms with E-state index in [1.807, 2.05) is 0 Å². The summed E-state index contributed by atoms with van der Waals surface area (Å²) >= 11 is 1.68. The van der Waals surface area contributed by atoms with Crippen LogP contribution >= 0.6 is 11.3 Å². The molecule has 2 rings (SSSR count). The number of carboxylic acid groups (broad SMARTS) is 2. The number of nitrogens with zero attached hydrogens (tertiary/aromatic N) is 1. The summed E-state index contributed by atoms with van der Waals surface area (Å²) in [7, 11) is 0. The first-order chi connectivity index (χ1) is 10.2. The molecule has 1 fully saturated rings. The molecule has 124 valence electrons. The number of aliphatic carboxylic acids is 2. The lowest BCUT2D eigenvalue weighted by molar-refractivity contribution is -0.192. The summed E-state index contributed by atoms with van der Waals surface area (Å²) in [5.41, 5.74) is 1.28. The fourth-order valence-electron chi connectivity index (χ4n) is 2.20. The molecule has 22 heavy (non-hydrogen) atoms. The van der Waals surface area contributed by atoms with Crippen molar-refractivity contribution in [3.63, 3.8) is 0 Å². The SMILES string of the molecule is O=C(O)C(F)(F)F.O=C(O)CN1CCCCC1c1ccsc1. The van der Waals surface area contributed by atoms with Crippen molar-refractivity contribution < 1.29 is 33.0 Å². The number of carbonyl (C=O) groups is 2. The van der Waals surface area contributed by atoms with Crippen LogP contribution in [0, 0.1) is 0 Å². The molecule has 0 amide bonds. The first kappa shape index (κ1) is 18.4. The summed E-state index contributed by atoms with van der Waals surface area (Å²) in [5, 5.41) is 20.2. The standard InChI is InChI=1S/C11H15NO2S.C2HF3O2/c13-11(14)7-12-5-2-1-3-10(12)9-4-6-15-8-9;3-2(4,5)1(6)7/h4,6,8,10H,1-3,5,7H2,(H,13,14);(H,6,7). The molecule has 1 aromatic rings. The second kappa shape index (κ2) is 8.14. The van der Waals surface area contributed by atoms with Crippen LogP contribution in [-0.4, -0.2) is 46.3 Å². The van der Waals surface area contributed by atoms with Gasteiger partial charge in [-0.05, 0) is 41.8 Å². The molecule has 1 aliphatic heterocycles. The minimum Gasteiger partial charge on any atom is -0.480 e. The highest BCUT2D eigenvalue weighted by Gasteiger charge is 2.38. The van der Waals surface area contributed by atoms with Crippen LogP contribution in [0.2, 0.25) is 0 Å². The van der Waals surface area contributed by atoms with Gasteiger partial charge >= 0.3 is 18.1 Å². The van der Waals surface area contributed by atoms with E-state index < -0.39 is 18.1 Å². The van der Waals surface area contributed by atoms with Crippen LogP contribution in [0.15, 0.2) is 16.8 Å². The summed E-state index contributed by atoms with van der Waals surface area (Å²) in [6.45, 7) is 1.08. The number of piperidine rings is 1. The van der Waals surface area contributed by atoms with E-state index in [-0.39, 0.29) is 6.54 Å². The second-order valence-corrected chi connectivity index (χ2v) is 5.52. The maximum atomic E-state index is 10.7. The number of carboxylic acids is 2. The molecule has 0 saturated carbocycles. The molecule has 0 aliphatic carbocycles. The van der Waals surface area contributed by atoms with Crippen molar-refractivity contribution in [3.05, 3.63) is 22.4 Å². The predicted molar refractivity (Wildman–Crippen MR) is 73.8 cm³/mol. The van der Waals surface area contributed by atoms with E-state index in [1.54, 1.807) is 11.3 Å². The molecule has 2 heterocycles. The van der Waals surface area contributed by atoms with E-state index in [1.165, 1.54) is 12.0 Å². The zero-order valence-electron chi connectivity index (χ0n) is 11.5. The lowest BCUT2D eigenvalue weighted by atomic mass is 9.97. The van der Waals surface area contributed by atoms with Crippen molar-refractivity contribution in [2.75, 3.05) is 13.1 Å². The van der Waals surface area contributed by atoms with Crippen LogP contribution in [0.25, 0.3) is 0 Å². The molecule has 0 spiro atoms. The van der Waals surface area contributed by atoms with Crippen molar-refractivity contribution in [3.8, 4) is 0 Å². The number of alkyl halides is 3. The molecule has 1 unspecified atom stereocenters. The van der Waals surface area contributed by atoms with Gasteiger partial charge in [0, 0.05) is 6.04 Å². The van der Waals surface area contributed by atoms with Gasteiger partial charge in [0.2, 0.25) is 0 Å². The van der Waals surface area contributed by atoms with Crippen molar-refractivity contribution in [1.82, 2.24) is 4.90 Å². The Labute approximate surface area is 129 Å². The van der Waals surface area contributed by atoms with Crippen LogP contribution in [0.5, 0.6) is 0 Å². The van der Waals surface area contributed by atoms with Gasteiger partial charge in [-0.15, -0.1) is 0 Å². The topological polar surface area (TPSA) is 77.8 Å². The number of halogens is 3. The van der Waals surface area contributed by atoms with Gasteiger partial charge in [-0.25, -0.2) is 4.79 Å². The predicted octanol–water partition coefficient (Wildman–Crippen LogP) is 2.99. The Balaban J connectivity index is 0.000000295. The molecule has 0 aromatic carbocycles. The molecule has 9 heteroatoms. The summed E-state index contributed by atoms with van der Waals surface area (Å²) in [6.07, 6.45) is -1.67. The van der Waals surface area contributed by atoms with Crippen LogP contribution < -0.4 is 0 Å². The highest BCUT2D eigenvalue weighted by molar-refractivity contribution is 7.07. The Morgan fingerprint density at radius 3 is 2.41 bits per heavy atom. The van der Waals surface area contributed by atoms with Crippen molar-refractivity contribution in [2.24, 2.45) is 0 Å². The first-order valence-corrected chi connectivity index (χ1v) is 7.44. The number of hydrogen-bond acceptors (Lipinski definition) is 4. The van der Waals surface area contributed by atoms with E-state index in [0.717, 1.165) is 19.4 Å². The fourth-order valence-corrected chi connectivity index (χ4v) is 2.90. The highest BCUT2D eigenvalue weighted by Crippen LogP contribution is 2.31. The van der Waals surface area contributed by atoms with Gasteiger partial charge in [0.05, 0.1) is 6.54 Å². The lowest BCUT2D eigenvalue weighted by Gasteiger charge is -2.34. The van der Waals surface area contributed by atoms with Gasteiger partial charge < -0.3 is 10.2 Å². The molecule has 2 N–H and O–H groups in total. The second-order valence-electron chi connectivity index (χ2n) is 4.74. The minimum absolute atomic E-state index is 0.167. The van der Waals surface area contributed by atoms with Crippen LogP contribution in [0.1, 0.15) is 30.9 Å². The maximum Gasteiger partial charge on any atom is 0.490 e. The van der Waals surface area contributed by atoms with Gasteiger partial charge in [-0.2, -0.15) is 24.5 Å². The fraction of sp³-hybridized carbons (Fsp3) is 0.538. The summed E-state index contributed by atoms with van der Waals surface area (Å²) in [6, 6.07) is 2.43. The minimum atomic E-state index is -5.08. The summed E-state index contributed by atoms with van der Waals surface area (Å²) in [5.74, 6) is -3.48. The maximum absolute atomic E-state index is 10.7. The Kier molecular flexibility index (Phi) is 6.82. The molecule has 0 bridgehead atoms. The van der Waals surface area contributed by atoms with Crippen molar-refractivity contribution in [1.29, 1.82) is 0 Å². The Bertz CT molecular complexity index is 490. The largest absolute Gasteiger partial charge is 0.490 e. The quantitative estimate of drug-likeness (QED) is 0.885. The number of thiophene rings is 1. The van der Waals surface area contributed by atoms with E-state index in [4.69, 9.17) is 15.0 Å². The zero-order valence-corrected chi connectivity index (χ0v) is 12.4. The number of rotatable bonds is 3. The first-order valence-electron chi connectivity index (χ1n) is 6.50. The van der Waals surface area contributed by atoms with Gasteiger partial charge in [0.1, 0.15) is 0 Å². The average molecular weight is 339 g/mol. The van der Waals surface area contributed by atoms with Crippen LogP contribution in [-0.2, 0) is 9.59 Å². The van der Waals surface area contributed by atoms with E-state index >= 15 is 0 Å². The van der Waals surface area contributed by atoms with Crippen molar-refractivity contribution >= 4 is 23.3 Å². The highest BCUT2D eigenvalue weighted by atomic mass is 32.1. The summed E-state index contributed by atoms with van der Waals surface area (Å²) in [4.78, 5) is 21.7. The molecule has 1 saturated heterocycles. The normalized spacial score (nSPS) is 19.1. The third-order valence-corrected chi connectivity index (χ3v) is 3.82. The third kappa shape index (κ3) is 6.02. The molecule has 1 atom stereocenters. The lowest BCUT2D eigenvalue weighted by Crippen LogP contribution is -2.37. The molecule has 1 aromatic heterocycles. The average Bonchev–Trinajstić information content (AvgIpc) is 2.92. The van der Waals surface area contributed by atoms with E-state index in [0.29, 0.717) is 6.04 Å². The van der Waals surface area contributed by atoms with Gasteiger partial charge in [0.15, 0.2) is 0 Å². The monoisotopic (exact) mass is 339 g/mol. The Hall–Kier alpha value is -1.61. The van der Waals surface area contributed by atoms with Gasteiger partial charge in [-0.1, -0.05) is 6.42 Å². The molecular weight excluding hydrogens is 323 g/mol. The number of likely N-dealkylation sites (tertiary alicyclic amines) is 1. The number of hydrogen-bond donors (Lipinski definition) is 2. The van der Waals surface area contributed by atoms with E-state index in [2.05, 4.69) is 21.7 Å². The van der Waals surface area contributed by atoms with Crippen LogP contribution in [0.4, 0.5) is 13.2 Å². The molecule has 0 radical (unpaired) electrons. The zero-order chi connectivity index (χ0) is 16.8. The summed E-state index contributed by atoms with van der Waals surface area (Å²) < 4.78 is 31.7. The Morgan fingerprint density at radius 2 is 1.95 bits per heavy atom. The van der Waals surface area contributed by atoms with E-state index in [9.17, 15) is 18.0 Å². The van der Waals surface area contributed by atoms with Gasteiger partial charge in [-0.3, -0.25) is 9.69 Å². The van der Waals surface area contributed by atoms with Gasteiger partial charge in [0.25, 0.3) is 0 Å². The Morgan fingerprint density at radius 1 is 1.32 bits per heavy atom.